The average Bonchev–Trinajstić information content (AvgIpc) is 3.87. The third-order valence-electron chi connectivity index (χ3n) is 10.2. The maximum atomic E-state index is 5.03. The van der Waals surface area contributed by atoms with Crippen molar-refractivity contribution in [2.24, 2.45) is 0 Å². The summed E-state index contributed by atoms with van der Waals surface area (Å²) in [5, 5.41) is 5.50. The summed E-state index contributed by atoms with van der Waals surface area (Å²) in [5.41, 5.74) is 8.07. The monoisotopic (exact) mass is 688 g/mol. The summed E-state index contributed by atoms with van der Waals surface area (Å²) >= 11 is 3.87. The Hall–Kier alpha value is -5.82. The lowest BCUT2D eigenvalue weighted by atomic mass is 9.90. The second-order valence-electron chi connectivity index (χ2n) is 13.1. The number of allylic oxidation sites excluding steroid dienone is 3. The van der Waals surface area contributed by atoms with Crippen molar-refractivity contribution in [3.8, 4) is 34.2 Å². The summed E-state index contributed by atoms with van der Waals surface area (Å²) in [7, 11) is 0. The van der Waals surface area contributed by atoms with Crippen molar-refractivity contribution in [1.29, 1.82) is 0 Å². The maximum Gasteiger partial charge on any atom is 0.164 e. The Morgan fingerprint density at radius 1 is 0.529 bits per heavy atom. The number of benzene rings is 6. The van der Waals surface area contributed by atoms with Crippen molar-refractivity contribution in [2.75, 3.05) is 0 Å². The summed E-state index contributed by atoms with van der Waals surface area (Å²) in [6, 6.07) is 49.2. The first-order valence-electron chi connectivity index (χ1n) is 17.2. The zero-order chi connectivity index (χ0) is 33.5. The van der Waals surface area contributed by atoms with E-state index < -0.39 is 0 Å². The minimum Gasteiger partial charge on any atom is -0.310 e. The molecule has 2 unspecified atom stereocenters. The zero-order valence-corrected chi connectivity index (χ0v) is 28.9. The lowest BCUT2D eigenvalue weighted by Gasteiger charge is -2.20. The van der Waals surface area contributed by atoms with Crippen molar-refractivity contribution in [2.45, 2.75) is 16.1 Å². The first-order chi connectivity index (χ1) is 25.3. The molecule has 4 heterocycles. The predicted molar refractivity (Wildman–Crippen MR) is 214 cm³/mol. The molecule has 6 heteroatoms. The van der Waals surface area contributed by atoms with E-state index in [9.17, 15) is 0 Å². The zero-order valence-electron chi connectivity index (χ0n) is 27.3. The van der Waals surface area contributed by atoms with E-state index >= 15 is 0 Å². The molecule has 0 saturated heterocycles. The topological polar surface area (TPSA) is 43.6 Å². The molecule has 0 spiro atoms. The van der Waals surface area contributed by atoms with E-state index in [2.05, 4.69) is 126 Å². The second kappa shape index (κ2) is 11.4. The molecule has 1 aliphatic heterocycles. The van der Waals surface area contributed by atoms with Gasteiger partial charge in [0, 0.05) is 69.4 Å². The van der Waals surface area contributed by atoms with Crippen LogP contribution in [-0.2, 0) is 0 Å². The number of thioether (sulfide) groups is 1. The Balaban J connectivity index is 1.04. The van der Waals surface area contributed by atoms with Crippen LogP contribution in [0.4, 0.5) is 0 Å². The van der Waals surface area contributed by atoms with E-state index in [1.807, 2.05) is 59.5 Å². The third-order valence-corrected chi connectivity index (χ3v) is 12.7. The first kappa shape index (κ1) is 29.0. The van der Waals surface area contributed by atoms with Gasteiger partial charge >= 0.3 is 0 Å². The summed E-state index contributed by atoms with van der Waals surface area (Å²) in [4.78, 5) is 16.4. The van der Waals surface area contributed by atoms with E-state index in [4.69, 9.17) is 15.0 Å². The number of hydrogen-bond acceptors (Lipinski definition) is 5. The van der Waals surface area contributed by atoms with Gasteiger partial charge in [-0.25, -0.2) is 15.0 Å². The average molecular weight is 689 g/mol. The van der Waals surface area contributed by atoms with Crippen LogP contribution in [0, 0.1) is 0 Å². The van der Waals surface area contributed by atoms with E-state index in [0.29, 0.717) is 28.6 Å². The van der Waals surface area contributed by atoms with Crippen molar-refractivity contribution < 1.29 is 0 Å². The van der Waals surface area contributed by atoms with Gasteiger partial charge in [-0.2, -0.15) is 0 Å². The molecule has 6 aromatic carbocycles. The SMILES string of the molecule is C1=CC2c3ccc4sc5ccc(-c6nc(-c7ccccc7)nc(-c7ccccc7)n6)cc5c4c3SC2C=C1n1c2ccccc2c2ccccc21. The van der Waals surface area contributed by atoms with Crippen molar-refractivity contribution in [3.05, 3.63) is 163 Å². The molecule has 0 bridgehead atoms. The van der Waals surface area contributed by atoms with E-state index in [1.165, 1.54) is 58.1 Å². The van der Waals surface area contributed by atoms with Crippen LogP contribution >= 0.6 is 23.1 Å². The Labute approximate surface area is 302 Å². The molecule has 0 N–H and O–H groups in total. The summed E-state index contributed by atoms with van der Waals surface area (Å²) in [6.45, 7) is 0. The van der Waals surface area contributed by atoms with Crippen LogP contribution in [0.2, 0.25) is 0 Å². The van der Waals surface area contributed by atoms with Gasteiger partial charge in [-0.3, -0.25) is 0 Å². The van der Waals surface area contributed by atoms with Gasteiger partial charge in [0.1, 0.15) is 0 Å². The molecular weight excluding hydrogens is 661 g/mol. The lowest BCUT2D eigenvalue weighted by molar-refractivity contribution is 0.879. The van der Waals surface area contributed by atoms with E-state index in [-0.39, 0.29) is 0 Å². The molecule has 11 rings (SSSR count). The van der Waals surface area contributed by atoms with Gasteiger partial charge in [-0.1, -0.05) is 109 Å². The minimum absolute atomic E-state index is 0.314. The fraction of sp³-hybridized carbons (Fsp3) is 0.0444. The molecule has 2 aliphatic rings. The van der Waals surface area contributed by atoms with E-state index in [0.717, 1.165) is 16.7 Å². The fourth-order valence-electron chi connectivity index (χ4n) is 7.83. The van der Waals surface area contributed by atoms with Gasteiger partial charge in [0.2, 0.25) is 0 Å². The number of thiophene rings is 1. The standard InChI is InChI=1S/C45H28N4S2/c1-3-11-27(12-4-1)43-46-44(28-13-5-2-6-14-28)48-45(47-43)29-19-23-38-35(25-29)41-39(50-38)24-22-34-33-21-20-30(26-40(33)51-42(34)41)49-36-17-9-7-15-31(36)32-16-8-10-18-37(32)49/h1-26,33,40H. The summed E-state index contributed by atoms with van der Waals surface area (Å²) in [6.07, 6.45) is 7.25. The molecule has 0 saturated carbocycles. The number of aromatic nitrogens is 4. The Morgan fingerprint density at radius 3 is 1.78 bits per heavy atom. The minimum atomic E-state index is 0.314. The molecule has 2 atom stereocenters. The van der Waals surface area contributed by atoms with Gasteiger partial charge in [0.05, 0.1) is 11.0 Å². The van der Waals surface area contributed by atoms with E-state index in [1.54, 1.807) is 0 Å². The van der Waals surface area contributed by atoms with Crippen molar-refractivity contribution in [1.82, 2.24) is 19.5 Å². The highest BCUT2D eigenvalue weighted by molar-refractivity contribution is 8.00. The second-order valence-corrected chi connectivity index (χ2v) is 15.4. The molecule has 240 valence electrons. The predicted octanol–water partition coefficient (Wildman–Crippen LogP) is 12.0. The van der Waals surface area contributed by atoms with Gasteiger partial charge in [0.25, 0.3) is 0 Å². The third kappa shape index (κ3) is 4.57. The first-order valence-corrected chi connectivity index (χ1v) is 18.9. The highest BCUT2D eigenvalue weighted by Crippen LogP contribution is 2.54. The quantitative estimate of drug-likeness (QED) is 0.185. The molecule has 3 aromatic heterocycles. The van der Waals surface area contributed by atoms with Crippen LogP contribution in [0.5, 0.6) is 0 Å². The number of nitrogens with zero attached hydrogens (tertiary/aromatic N) is 4. The molecule has 9 aromatic rings. The largest absolute Gasteiger partial charge is 0.310 e. The molecule has 0 fully saturated rings. The lowest BCUT2D eigenvalue weighted by Crippen LogP contribution is -2.11. The number of para-hydroxylation sites is 2. The van der Waals surface area contributed by atoms with Gasteiger partial charge in [0.15, 0.2) is 17.5 Å². The molecule has 0 radical (unpaired) electrons. The van der Waals surface area contributed by atoms with Gasteiger partial charge in [-0.05, 0) is 54.1 Å². The van der Waals surface area contributed by atoms with Crippen LogP contribution in [-0.4, -0.2) is 24.8 Å². The Kier molecular flexibility index (Phi) is 6.45. The molecule has 51 heavy (non-hydrogen) atoms. The van der Waals surface area contributed by atoms with Crippen molar-refractivity contribution >= 4 is 70.8 Å². The maximum absolute atomic E-state index is 5.03. The summed E-state index contributed by atoms with van der Waals surface area (Å²) in [5.74, 6) is 2.36. The molecule has 1 aliphatic carbocycles. The normalized spacial score (nSPS) is 16.6. The van der Waals surface area contributed by atoms with Crippen LogP contribution in [0.1, 0.15) is 11.5 Å². The number of fused-ring (bicyclic) bond motifs is 10. The van der Waals surface area contributed by atoms with Crippen LogP contribution in [0.15, 0.2) is 163 Å². The fourth-order valence-corrected chi connectivity index (χ4v) is 10.5. The van der Waals surface area contributed by atoms with Gasteiger partial charge < -0.3 is 4.57 Å². The Morgan fingerprint density at radius 2 is 1.12 bits per heavy atom. The molecular formula is C45H28N4S2. The Bertz CT molecular complexity index is 2790. The summed E-state index contributed by atoms with van der Waals surface area (Å²) < 4.78 is 5.02. The highest BCUT2D eigenvalue weighted by atomic mass is 32.2. The highest BCUT2D eigenvalue weighted by Gasteiger charge is 2.35. The van der Waals surface area contributed by atoms with Crippen LogP contribution < -0.4 is 0 Å². The van der Waals surface area contributed by atoms with Gasteiger partial charge in [-0.15, -0.1) is 23.1 Å². The van der Waals surface area contributed by atoms with Crippen molar-refractivity contribution in [3.63, 3.8) is 0 Å². The number of hydrogen-bond donors (Lipinski definition) is 0. The molecule has 4 nitrogen and oxygen atoms in total. The van der Waals surface area contributed by atoms with Crippen LogP contribution in [0.3, 0.4) is 0 Å². The smallest absolute Gasteiger partial charge is 0.164 e. The number of rotatable bonds is 4. The molecule has 0 amide bonds. The van der Waals surface area contributed by atoms with Crippen LogP contribution in [0.25, 0.3) is 81.8 Å².